The Balaban J connectivity index is 2.43. The summed E-state index contributed by atoms with van der Waals surface area (Å²) in [5.41, 5.74) is 5.80. The molecular formula is C11H21N3S. The van der Waals surface area contributed by atoms with Crippen LogP contribution in [0.15, 0.2) is 6.20 Å². The van der Waals surface area contributed by atoms with Crippen LogP contribution in [0, 0.1) is 0 Å². The molecule has 2 N–H and O–H groups in total. The second-order valence-corrected chi connectivity index (χ2v) is 4.87. The summed E-state index contributed by atoms with van der Waals surface area (Å²) >= 11 is 1.74. The number of nitrogens with two attached hydrogens (primary N) is 1. The van der Waals surface area contributed by atoms with E-state index in [1.54, 1.807) is 11.3 Å². The number of aromatic nitrogens is 1. The van der Waals surface area contributed by atoms with Crippen molar-refractivity contribution < 1.29 is 0 Å². The van der Waals surface area contributed by atoms with Crippen LogP contribution in [0.1, 0.15) is 36.7 Å². The van der Waals surface area contributed by atoms with Gasteiger partial charge in [-0.2, -0.15) is 0 Å². The molecule has 86 valence electrons. The first-order valence-electron chi connectivity index (χ1n) is 5.59. The lowest BCUT2D eigenvalue weighted by molar-refractivity contribution is 0.308. The highest BCUT2D eigenvalue weighted by atomic mass is 32.1. The summed E-state index contributed by atoms with van der Waals surface area (Å²) in [6.07, 6.45) is 2.95. The monoisotopic (exact) mass is 227 g/mol. The van der Waals surface area contributed by atoms with Crippen LogP contribution in [0.3, 0.4) is 0 Å². The summed E-state index contributed by atoms with van der Waals surface area (Å²) in [6, 6.07) is 0.115. The van der Waals surface area contributed by atoms with Gasteiger partial charge in [0.05, 0.1) is 5.01 Å². The smallest absolute Gasteiger partial charge is 0.0941 e. The average Bonchev–Trinajstić information content (AvgIpc) is 2.68. The Kier molecular flexibility index (Phi) is 5.22. The van der Waals surface area contributed by atoms with Gasteiger partial charge in [-0.3, -0.25) is 0 Å². The molecule has 0 spiro atoms. The van der Waals surface area contributed by atoms with Crippen molar-refractivity contribution in [3.63, 3.8) is 0 Å². The predicted molar refractivity (Wildman–Crippen MR) is 66.2 cm³/mol. The summed E-state index contributed by atoms with van der Waals surface area (Å²) in [5, 5.41) is 1.20. The zero-order valence-corrected chi connectivity index (χ0v) is 10.7. The van der Waals surface area contributed by atoms with Crippen molar-refractivity contribution >= 4 is 11.3 Å². The van der Waals surface area contributed by atoms with Gasteiger partial charge in [-0.25, -0.2) is 4.98 Å². The minimum atomic E-state index is 0.115. The van der Waals surface area contributed by atoms with E-state index in [1.165, 1.54) is 9.88 Å². The molecule has 0 aromatic carbocycles. The lowest BCUT2D eigenvalue weighted by Gasteiger charge is -2.16. The maximum absolute atomic E-state index is 5.80. The van der Waals surface area contributed by atoms with Crippen molar-refractivity contribution in [1.82, 2.24) is 9.88 Å². The molecule has 0 saturated carbocycles. The first-order chi connectivity index (χ1) is 7.17. The SMILES string of the molecule is CCN(CC)CCc1ncc(C(C)N)s1. The van der Waals surface area contributed by atoms with Crippen LogP contribution in [-0.4, -0.2) is 29.5 Å². The van der Waals surface area contributed by atoms with Crippen LogP contribution < -0.4 is 5.73 Å². The fourth-order valence-electron chi connectivity index (χ4n) is 1.44. The Bertz CT molecular complexity index is 279. The topological polar surface area (TPSA) is 42.2 Å². The maximum Gasteiger partial charge on any atom is 0.0941 e. The van der Waals surface area contributed by atoms with E-state index in [2.05, 4.69) is 23.7 Å². The molecule has 0 bridgehead atoms. The van der Waals surface area contributed by atoms with Crippen LogP contribution >= 0.6 is 11.3 Å². The maximum atomic E-state index is 5.80. The molecule has 0 aliphatic heterocycles. The van der Waals surface area contributed by atoms with E-state index in [1.807, 2.05) is 13.1 Å². The summed E-state index contributed by atoms with van der Waals surface area (Å²) in [5.74, 6) is 0. The quantitative estimate of drug-likeness (QED) is 0.808. The molecule has 0 saturated heterocycles. The standard InChI is InChI=1S/C11H21N3S/c1-4-14(5-2)7-6-11-13-8-10(15-11)9(3)12/h8-9H,4-7,12H2,1-3H3. The van der Waals surface area contributed by atoms with Gasteiger partial charge in [0.1, 0.15) is 0 Å². The highest BCUT2D eigenvalue weighted by Crippen LogP contribution is 2.19. The molecule has 1 unspecified atom stereocenters. The van der Waals surface area contributed by atoms with Crippen LogP contribution in [0.25, 0.3) is 0 Å². The third kappa shape index (κ3) is 3.89. The van der Waals surface area contributed by atoms with E-state index in [-0.39, 0.29) is 6.04 Å². The number of rotatable bonds is 6. The number of hydrogen-bond acceptors (Lipinski definition) is 4. The summed E-state index contributed by atoms with van der Waals surface area (Å²) in [7, 11) is 0. The Morgan fingerprint density at radius 2 is 2.13 bits per heavy atom. The lowest BCUT2D eigenvalue weighted by Crippen LogP contribution is -2.25. The van der Waals surface area contributed by atoms with Crippen LogP contribution in [0.2, 0.25) is 0 Å². The minimum absolute atomic E-state index is 0.115. The van der Waals surface area contributed by atoms with E-state index in [0.717, 1.165) is 26.1 Å². The molecule has 0 aliphatic rings. The van der Waals surface area contributed by atoms with Gasteiger partial charge in [0.2, 0.25) is 0 Å². The van der Waals surface area contributed by atoms with Crippen molar-refractivity contribution in [2.24, 2.45) is 5.73 Å². The third-order valence-corrected chi connectivity index (χ3v) is 3.81. The highest BCUT2D eigenvalue weighted by molar-refractivity contribution is 7.11. The molecule has 1 heterocycles. The van der Waals surface area contributed by atoms with Gasteiger partial charge in [0.25, 0.3) is 0 Å². The Labute approximate surface area is 96.3 Å². The lowest BCUT2D eigenvalue weighted by atomic mass is 10.3. The van der Waals surface area contributed by atoms with E-state index >= 15 is 0 Å². The third-order valence-electron chi connectivity index (χ3n) is 2.56. The number of thiazole rings is 1. The Morgan fingerprint density at radius 3 is 2.60 bits per heavy atom. The molecule has 0 radical (unpaired) electrons. The summed E-state index contributed by atoms with van der Waals surface area (Å²) in [4.78, 5) is 7.98. The predicted octanol–water partition coefficient (Wildman–Crippen LogP) is 2.05. The second kappa shape index (κ2) is 6.20. The molecule has 0 fully saturated rings. The molecule has 3 nitrogen and oxygen atoms in total. The molecule has 0 aliphatic carbocycles. The van der Waals surface area contributed by atoms with Gasteiger partial charge in [-0.15, -0.1) is 11.3 Å². The molecular weight excluding hydrogens is 206 g/mol. The van der Waals surface area contributed by atoms with E-state index in [9.17, 15) is 0 Å². The molecule has 1 aromatic heterocycles. The van der Waals surface area contributed by atoms with E-state index in [4.69, 9.17) is 5.73 Å². The van der Waals surface area contributed by atoms with Gasteiger partial charge in [-0.1, -0.05) is 13.8 Å². The fraction of sp³-hybridized carbons (Fsp3) is 0.727. The Hall–Kier alpha value is -0.450. The number of nitrogens with zero attached hydrogens (tertiary/aromatic N) is 2. The number of likely N-dealkylation sites (N-methyl/N-ethyl adjacent to an activating group) is 1. The largest absolute Gasteiger partial charge is 0.323 e. The molecule has 0 amide bonds. The van der Waals surface area contributed by atoms with Gasteiger partial charge in [0, 0.05) is 30.1 Å². The normalized spacial score (nSPS) is 13.4. The van der Waals surface area contributed by atoms with Crippen molar-refractivity contribution in [2.75, 3.05) is 19.6 Å². The summed E-state index contributed by atoms with van der Waals surface area (Å²) < 4.78 is 0. The molecule has 1 rings (SSSR count). The fourth-order valence-corrected chi connectivity index (χ4v) is 2.31. The van der Waals surface area contributed by atoms with Crippen molar-refractivity contribution in [1.29, 1.82) is 0 Å². The van der Waals surface area contributed by atoms with Crippen LogP contribution in [0.4, 0.5) is 0 Å². The molecule has 1 aromatic rings. The van der Waals surface area contributed by atoms with Gasteiger partial charge >= 0.3 is 0 Å². The zero-order valence-electron chi connectivity index (χ0n) is 9.86. The van der Waals surface area contributed by atoms with Crippen LogP contribution in [0.5, 0.6) is 0 Å². The zero-order chi connectivity index (χ0) is 11.3. The second-order valence-electron chi connectivity index (χ2n) is 3.72. The first kappa shape index (κ1) is 12.6. The molecule has 1 atom stereocenters. The Morgan fingerprint density at radius 1 is 1.47 bits per heavy atom. The van der Waals surface area contributed by atoms with Gasteiger partial charge in [0.15, 0.2) is 0 Å². The van der Waals surface area contributed by atoms with Gasteiger partial charge < -0.3 is 10.6 Å². The van der Waals surface area contributed by atoms with Crippen molar-refractivity contribution in [3.8, 4) is 0 Å². The number of hydrogen-bond donors (Lipinski definition) is 1. The summed E-state index contributed by atoms with van der Waals surface area (Å²) in [6.45, 7) is 9.71. The van der Waals surface area contributed by atoms with Gasteiger partial charge in [-0.05, 0) is 20.0 Å². The van der Waals surface area contributed by atoms with Crippen molar-refractivity contribution in [2.45, 2.75) is 33.2 Å². The molecule has 15 heavy (non-hydrogen) atoms. The minimum Gasteiger partial charge on any atom is -0.323 e. The molecule has 4 heteroatoms. The first-order valence-corrected chi connectivity index (χ1v) is 6.41. The van der Waals surface area contributed by atoms with Crippen LogP contribution in [-0.2, 0) is 6.42 Å². The van der Waals surface area contributed by atoms with E-state index in [0.29, 0.717) is 0 Å². The van der Waals surface area contributed by atoms with E-state index < -0.39 is 0 Å². The highest BCUT2D eigenvalue weighted by Gasteiger charge is 2.06. The van der Waals surface area contributed by atoms with Crippen molar-refractivity contribution in [3.05, 3.63) is 16.1 Å². The average molecular weight is 227 g/mol.